The van der Waals surface area contributed by atoms with Gasteiger partial charge in [-0.2, -0.15) is 0 Å². The zero-order valence-electron chi connectivity index (χ0n) is 11.5. The van der Waals surface area contributed by atoms with Crippen molar-refractivity contribution in [2.24, 2.45) is 5.73 Å². The second kappa shape index (κ2) is 5.73. The summed E-state index contributed by atoms with van der Waals surface area (Å²) in [6, 6.07) is 8.20. The summed E-state index contributed by atoms with van der Waals surface area (Å²) in [6.07, 6.45) is 2.78. The van der Waals surface area contributed by atoms with Crippen LogP contribution in [0.3, 0.4) is 0 Å². The highest BCUT2D eigenvalue weighted by Gasteiger charge is 2.26. The predicted molar refractivity (Wildman–Crippen MR) is 79.8 cm³/mol. The topological polar surface area (TPSA) is 75.3 Å². The van der Waals surface area contributed by atoms with Gasteiger partial charge in [0.2, 0.25) is 0 Å². The van der Waals surface area contributed by atoms with E-state index >= 15 is 0 Å². The van der Waals surface area contributed by atoms with E-state index < -0.39 is 0 Å². The number of benzene rings is 1. The van der Waals surface area contributed by atoms with Gasteiger partial charge in [-0.1, -0.05) is 12.1 Å². The fourth-order valence-corrected chi connectivity index (χ4v) is 2.87. The van der Waals surface area contributed by atoms with Crippen molar-refractivity contribution in [1.82, 2.24) is 9.97 Å². The maximum absolute atomic E-state index is 9.54. The molecule has 3 rings (SSSR count). The molecule has 0 radical (unpaired) electrons. The highest BCUT2D eigenvalue weighted by Crippen LogP contribution is 2.29. The van der Waals surface area contributed by atoms with Crippen LogP contribution in [0.1, 0.15) is 18.7 Å². The average Bonchev–Trinajstić information content (AvgIpc) is 2.95. The maximum atomic E-state index is 9.54. The largest absolute Gasteiger partial charge is 0.394 e. The molecule has 20 heavy (non-hydrogen) atoms. The molecule has 2 heterocycles. The lowest BCUT2D eigenvalue weighted by Crippen LogP contribution is -2.33. The van der Waals surface area contributed by atoms with Gasteiger partial charge in [0.05, 0.1) is 18.2 Å². The van der Waals surface area contributed by atoms with E-state index in [1.54, 1.807) is 0 Å². The van der Waals surface area contributed by atoms with Crippen LogP contribution in [0.2, 0.25) is 0 Å². The molecule has 1 fully saturated rings. The molecule has 1 aliphatic rings. The standard InChI is InChI=1S/C15H20N4O/c16-8-7-14-17-13-6-2-1-5-12(13)15(18-14)19-9-3-4-11(19)10-20/h1-2,5-6,11,20H,3-4,7-10,16H2/t11-/m1/s1. The molecular weight excluding hydrogens is 252 g/mol. The van der Waals surface area contributed by atoms with Crippen LogP contribution in [0, 0.1) is 0 Å². The summed E-state index contributed by atoms with van der Waals surface area (Å²) in [5, 5.41) is 10.6. The van der Waals surface area contributed by atoms with Crippen LogP contribution in [0.25, 0.3) is 10.9 Å². The summed E-state index contributed by atoms with van der Waals surface area (Å²) in [6.45, 7) is 1.65. The number of anilines is 1. The van der Waals surface area contributed by atoms with Crippen molar-refractivity contribution in [2.75, 3.05) is 24.6 Å². The molecule has 0 aliphatic carbocycles. The van der Waals surface area contributed by atoms with Crippen LogP contribution in [-0.2, 0) is 6.42 Å². The molecule has 0 saturated carbocycles. The number of aromatic nitrogens is 2. The second-order valence-electron chi connectivity index (χ2n) is 5.19. The Morgan fingerprint density at radius 2 is 2.15 bits per heavy atom. The Hall–Kier alpha value is -1.72. The minimum atomic E-state index is 0.166. The van der Waals surface area contributed by atoms with Gasteiger partial charge in [-0.25, -0.2) is 9.97 Å². The second-order valence-corrected chi connectivity index (χ2v) is 5.19. The van der Waals surface area contributed by atoms with Crippen molar-refractivity contribution in [3.8, 4) is 0 Å². The van der Waals surface area contributed by atoms with Crippen molar-refractivity contribution >= 4 is 16.7 Å². The Kier molecular flexibility index (Phi) is 3.80. The molecule has 0 spiro atoms. The number of hydrogen-bond acceptors (Lipinski definition) is 5. The quantitative estimate of drug-likeness (QED) is 0.871. The van der Waals surface area contributed by atoms with Gasteiger partial charge in [0.1, 0.15) is 11.6 Å². The average molecular weight is 272 g/mol. The fraction of sp³-hybridized carbons (Fsp3) is 0.467. The molecule has 1 saturated heterocycles. The summed E-state index contributed by atoms with van der Waals surface area (Å²) in [5.41, 5.74) is 6.58. The smallest absolute Gasteiger partial charge is 0.140 e. The maximum Gasteiger partial charge on any atom is 0.140 e. The summed E-state index contributed by atoms with van der Waals surface area (Å²) in [4.78, 5) is 11.5. The van der Waals surface area contributed by atoms with Crippen molar-refractivity contribution < 1.29 is 5.11 Å². The van der Waals surface area contributed by atoms with Crippen LogP contribution in [0.4, 0.5) is 5.82 Å². The normalized spacial score (nSPS) is 18.9. The van der Waals surface area contributed by atoms with Gasteiger partial charge in [0.15, 0.2) is 0 Å². The zero-order chi connectivity index (χ0) is 13.9. The van der Waals surface area contributed by atoms with E-state index in [1.165, 1.54) is 0 Å². The van der Waals surface area contributed by atoms with Crippen LogP contribution in [0.15, 0.2) is 24.3 Å². The molecule has 1 aromatic carbocycles. The number of nitrogens with zero attached hydrogens (tertiary/aromatic N) is 3. The molecule has 5 nitrogen and oxygen atoms in total. The number of hydrogen-bond donors (Lipinski definition) is 2. The third kappa shape index (κ3) is 2.34. The predicted octanol–water partition coefficient (Wildman–Crippen LogP) is 1.09. The first-order valence-electron chi connectivity index (χ1n) is 7.16. The van der Waals surface area contributed by atoms with E-state index in [4.69, 9.17) is 10.7 Å². The number of para-hydroxylation sites is 1. The van der Waals surface area contributed by atoms with Crippen molar-refractivity contribution in [3.63, 3.8) is 0 Å². The van der Waals surface area contributed by atoms with Crippen LogP contribution in [0.5, 0.6) is 0 Å². The molecule has 1 aromatic heterocycles. The number of aliphatic hydroxyl groups excluding tert-OH is 1. The SMILES string of the molecule is NCCc1nc(N2CCC[C@@H]2CO)c2ccccc2n1. The lowest BCUT2D eigenvalue weighted by atomic mass is 10.2. The number of aliphatic hydroxyl groups is 1. The van der Waals surface area contributed by atoms with Gasteiger partial charge in [-0.15, -0.1) is 0 Å². The first-order chi connectivity index (χ1) is 9.83. The van der Waals surface area contributed by atoms with Crippen LogP contribution in [-0.4, -0.2) is 40.8 Å². The molecule has 0 bridgehead atoms. The van der Waals surface area contributed by atoms with Gasteiger partial charge in [0.25, 0.3) is 0 Å². The first kappa shape index (κ1) is 13.3. The van der Waals surface area contributed by atoms with E-state index in [0.29, 0.717) is 13.0 Å². The van der Waals surface area contributed by atoms with Gasteiger partial charge < -0.3 is 15.7 Å². The Balaban J connectivity index is 2.11. The number of rotatable bonds is 4. The summed E-state index contributed by atoms with van der Waals surface area (Å²) < 4.78 is 0. The molecule has 106 valence electrons. The Labute approximate surface area is 118 Å². The molecule has 3 N–H and O–H groups in total. The van der Waals surface area contributed by atoms with Crippen LogP contribution >= 0.6 is 0 Å². The van der Waals surface area contributed by atoms with E-state index in [-0.39, 0.29) is 12.6 Å². The molecule has 1 atom stereocenters. The Morgan fingerprint density at radius 1 is 1.30 bits per heavy atom. The van der Waals surface area contributed by atoms with E-state index in [2.05, 4.69) is 9.88 Å². The van der Waals surface area contributed by atoms with E-state index in [0.717, 1.165) is 41.9 Å². The third-order valence-corrected chi connectivity index (χ3v) is 3.86. The molecular formula is C15H20N4O. The number of fused-ring (bicyclic) bond motifs is 1. The molecule has 0 unspecified atom stereocenters. The van der Waals surface area contributed by atoms with E-state index in [9.17, 15) is 5.11 Å². The summed E-state index contributed by atoms with van der Waals surface area (Å²) >= 11 is 0. The highest BCUT2D eigenvalue weighted by atomic mass is 16.3. The minimum absolute atomic E-state index is 0.166. The van der Waals surface area contributed by atoms with Crippen molar-refractivity contribution in [2.45, 2.75) is 25.3 Å². The molecule has 5 heteroatoms. The van der Waals surface area contributed by atoms with Crippen LogP contribution < -0.4 is 10.6 Å². The minimum Gasteiger partial charge on any atom is -0.394 e. The van der Waals surface area contributed by atoms with Gasteiger partial charge in [0, 0.05) is 18.4 Å². The first-order valence-corrected chi connectivity index (χ1v) is 7.16. The van der Waals surface area contributed by atoms with E-state index in [1.807, 2.05) is 24.3 Å². The lowest BCUT2D eigenvalue weighted by molar-refractivity contribution is 0.266. The Bertz CT molecular complexity index is 601. The fourth-order valence-electron chi connectivity index (χ4n) is 2.87. The van der Waals surface area contributed by atoms with Gasteiger partial charge in [-0.05, 0) is 31.5 Å². The molecule has 1 aliphatic heterocycles. The van der Waals surface area contributed by atoms with Crippen molar-refractivity contribution in [3.05, 3.63) is 30.1 Å². The van der Waals surface area contributed by atoms with Gasteiger partial charge >= 0.3 is 0 Å². The zero-order valence-corrected chi connectivity index (χ0v) is 11.5. The number of nitrogens with two attached hydrogens (primary N) is 1. The monoisotopic (exact) mass is 272 g/mol. The Morgan fingerprint density at radius 3 is 2.95 bits per heavy atom. The molecule has 0 amide bonds. The van der Waals surface area contributed by atoms with Crippen molar-refractivity contribution in [1.29, 1.82) is 0 Å². The van der Waals surface area contributed by atoms with Gasteiger partial charge in [-0.3, -0.25) is 0 Å². The third-order valence-electron chi connectivity index (χ3n) is 3.86. The summed E-state index contributed by atoms with van der Waals surface area (Å²) in [7, 11) is 0. The highest BCUT2D eigenvalue weighted by molar-refractivity contribution is 5.89. The lowest BCUT2D eigenvalue weighted by Gasteiger charge is -2.25. The summed E-state index contributed by atoms with van der Waals surface area (Å²) in [5.74, 6) is 1.72. The molecule has 2 aromatic rings.